The third kappa shape index (κ3) is 6.36. The summed E-state index contributed by atoms with van der Waals surface area (Å²) < 4.78 is 23.4. The van der Waals surface area contributed by atoms with Crippen molar-refractivity contribution in [1.29, 1.82) is 0 Å². The van der Waals surface area contributed by atoms with Crippen LogP contribution < -0.4 is 0 Å². The molecule has 0 amide bonds. The number of benzene rings is 2. The molecule has 5 aromatic heterocycles. The average molecular weight is 748 g/mol. The molecule has 0 unspecified atom stereocenters. The van der Waals surface area contributed by atoms with Crippen molar-refractivity contribution in [2.24, 2.45) is 5.41 Å². The Labute approximate surface area is 267 Å². The Kier molecular flexibility index (Phi) is 7.93. The van der Waals surface area contributed by atoms with E-state index in [4.69, 9.17) is 12.1 Å². The molecular weight excluding hydrogens is 715 g/mol. The Balaban J connectivity index is 0.000000230. The van der Waals surface area contributed by atoms with Crippen LogP contribution in [0.15, 0.2) is 88.8 Å². The first kappa shape index (κ1) is 27.2. The number of hydrogen-bond donors (Lipinski definition) is 0. The maximum Gasteiger partial charge on any atom is 0.216 e. The molecule has 0 aliphatic rings. The van der Waals surface area contributed by atoms with Gasteiger partial charge in [-0.2, -0.15) is 0 Å². The van der Waals surface area contributed by atoms with Crippen molar-refractivity contribution >= 4 is 43.6 Å². The van der Waals surface area contributed by atoms with E-state index in [1.807, 2.05) is 113 Å². The van der Waals surface area contributed by atoms with Gasteiger partial charge < -0.3 is 9.40 Å². The molecule has 4 nitrogen and oxygen atoms in total. The molecule has 0 aliphatic heterocycles. The first-order valence-electron chi connectivity index (χ1n) is 14.5. The molecule has 0 spiro atoms. The molecular formula is C36H31IrN3OS-2. The predicted octanol–water partition coefficient (Wildman–Crippen LogP) is 9.81. The van der Waals surface area contributed by atoms with Crippen LogP contribution in [-0.4, -0.2) is 15.0 Å². The maximum absolute atomic E-state index is 8.64. The molecule has 0 saturated heterocycles. The molecule has 0 N–H and O–H groups in total. The van der Waals surface area contributed by atoms with Crippen LogP contribution in [0.1, 0.15) is 40.3 Å². The second-order valence-corrected chi connectivity index (χ2v) is 11.9. The number of aryl methyl sites for hydroxylation is 2. The van der Waals surface area contributed by atoms with Gasteiger partial charge in [0.2, 0.25) is 5.71 Å². The van der Waals surface area contributed by atoms with Gasteiger partial charge in [0.25, 0.3) is 0 Å². The summed E-state index contributed by atoms with van der Waals surface area (Å²) in [4.78, 5) is 14.5. The molecule has 42 heavy (non-hydrogen) atoms. The summed E-state index contributed by atoms with van der Waals surface area (Å²) >= 11 is 1.47. The first-order chi connectivity index (χ1) is 20.5. The number of pyridine rings is 3. The van der Waals surface area contributed by atoms with E-state index >= 15 is 0 Å². The van der Waals surface area contributed by atoms with Crippen molar-refractivity contribution in [3.05, 3.63) is 113 Å². The number of furan rings is 1. The van der Waals surface area contributed by atoms with E-state index in [-0.39, 0.29) is 20.1 Å². The average Bonchev–Trinajstić information content (AvgIpc) is 3.59. The number of rotatable bonds is 3. The molecule has 6 heteroatoms. The van der Waals surface area contributed by atoms with Crippen LogP contribution in [0.3, 0.4) is 0 Å². The fraction of sp³-hybridized carbons (Fsp3) is 0.194. The van der Waals surface area contributed by atoms with Gasteiger partial charge in [0.1, 0.15) is 4.83 Å². The quantitative estimate of drug-likeness (QED) is 0.169. The molecule has 1 radical (unpaired) electrons. The van der Waals surface area contributed by atoms with Gasteiger partial charge in [-0.05, 0) is 65.7 Å². The number of aromatic nitrogens is 3. The first-order valence-corrected chi connectivity index (χ1v) is 14.4. The fourth-order valence-electron chi connectivity index (χ4n) is 4.64. The maximum atomic E-state index is 8.64. The molecule has 7 rings (SSSR count). The number of hydrogen-bond acceptors (Lipinski definition) is 5. The van der Waals surface area contributed by atoms with Gasteiger partial charge in [0.15, 0.2) is 0 Å². The Hall–Kier alpha value is -3.70. The van der Waals surface area contributed by atoms with Crippen LogP contribution in [0.2, 0.25) is 0 Å². The summed E-state index contributed by atoms with van der Waals surface area (Å²) in [6.07, 6.45) is 0.416. The topological polar surface area (TPSA) is 51.8 Å². The van der Waals surface area contributed by atoms with Crippen LogP contribution in [0.25, 0.3) is 54.8 Å². The SMILES string of the molecule is Cc1ccc(-c2[c-]cccc2)nc1.[2H]C([2H])(c1csc2nc(-c3[c-]ccc4c3oc3nc(C)ccc34)ccc12)C(C)(C)C.[Ir]. The van der Waals surface area contributed by atoms with E-state index < -0.39 is 11.8 Å². The zero-order chi connectivity index (χ0) is 30.4. The van der Waals surface area contributed by atoms with Gasteiger partial charge in [-0.1, -0.05) is 56.0 Å². The molecule has 7 aromatic rings. The standard InChI is InChI=1S/C24H21N2OS.C12H10N.Ir/c1-14-8-9-18-17-6-5-7-19(21(17)27-22(18)25-14)20-11-10-16-15(12-24(2,3)4)13-28-23(16)26-20;1-10-7-8-12(13-9-10)11-5-3-2-4-6-11;/h5-6,8-11,13H,12H2,1-4H3;2-5,7-9H,1H3;/q2*-1;/i12D2;;. The van der Waals surface area contributed by atoms with Crippen molar-refractivity contribution in [1.82, 2.24) is 15.0 Å². The van der Waals surface area contributed by atoms with E-state index in [2.05, 4.69) is 28.2 Å². The summed E-state index contributed by atoms with van der Waals surface area (Å²) in [7, 11) is 0. The molecule has 0 bridgehead atoms. The minimum absolute atomic E-state index is 0. The Bertz CT molecular complexity index is 2060. The smallest absolute Gasteiger partial charge is 0.216 e. The van der Waals surface area contributed by atoms with Gasteiger partial charge >= 0.3 is 0 Å². The van der Waals surface area contributed by atoms with E-state index in [0.717, 1.165) is 54.8 Å². The summed E-state index contributed by atoms with van der Waals surface area (Å²) in [5.74, 6) is 0. The van der Waals surface area contributed by atoms with Gasteiger partial charge in [-0.3, -0.25) is 4.98 Å². The normalized spacial score (nSPS) is 12.4. The number of fused-ring (bicyclic) bond motifs is 4. The van der Waals surface area contributed by atoms with E-state index in [1.54, 1.807) is 0 Å². The van der Waals surface area contributed by atoms with E-state index in [9.17, 15) is 0 Å². The minimum Gasteiger partial charge on any atom is -0.486 e. The Morgan fingerprint density at radius 2 is 1.67 bits per heavy atom. The molecule has 0 fully saturated rings. The van der Waals surface area contributed by atoms with Crippen LogP contribution >= 0.6 is 11.3 Å². The number of thiophene rings is 1. The minimum atomic E-state index is -1.46. The second-order valence-electron chi connectivity index (χ2n) is 11.1. The van der Waals surface area contributed by atoms with Gasteiger partial charge in [-0.15, -0.1) is 65.4 Å². The van der Waals surface area contributed by atoms with Crippen LogP contribution in [-0.2, 0) is 26.5 Å². The molecule has 0 atom stereocenters. The van der Waals surface area contributed by atoms with Crippen LogP contribution in [0, 0.1) is 31.4 Å². The van der Waals surface area contributed by atoms with Crippen LogP contribution in [0.5, 0.6) is 0 Å². The van der Waals surface area contributed by atoms with E-state index in [1.165, 1.54) is 16.9 Å². The monoisotopic (exact) mass is 748 g/mol. The molecule has 0 saturated carbocycles. The Morgan fingerprint density at radius 3 is 2.40 bits per heavy atom. The van der Waals surface area contributed by atoms with Crippen molar-refractivity contribution in [3.8, 4) is 22.5 Å². The summed E-state index contributed by atoms with van der Waals surface area (Å²) in [6, 6.07) is 30.1. The van der Waals surface area contributed by atoms with Crippen molar-refractivity contribution < 1.29 is 27.3 Å². The van der Waals surface area contributed by atoms with Crippen molar-refractivity contribution in [2.75, 3.05) is 0 Å². The van der Waals surface area contributed by atoms with Crippen molar-refractivity contribution in [2.45, 2.75) is 41.0 Å². The zero-order valence-corrected chi connectivity index (χ0v) is 27.3. The molecule has 5 heterocycles. The van der Waals surface area contributed by atoms with Crippen molar-refractivity contribution in [3.63, 3.8) is 0 Å². The number of nitrogens with zero attached hydrogens (tertiary/aromatic N) is 3. The van der Waals surface area contributed by atoms with Crippen LogP contribution in [0.4, 0.5) is 0 Å². The molecule has 0 aliphatic carbocycles. The van der Waals surface area contributed by atoms with Gasteiger partial charge in [0.05, 0.1) is 5.58 Å². The zero-order valence-electron chi connectivity index (χ0n) is 26.1. The molecule has 213 valence electrons. The van der Waals surface area contributed by atoms with E-state index in [0.29, 0.717) is 11.3 Å². The summed E-state index contributed by atoms with van der Waals surface area (Å²) in [5, 5.41) is 4.72. The van der Waals surface area contributed by atoms with Gasteiger partial charge in [-0.25, -0.2) is 4.98 Å². The fourth-order valence-corrected chi connectivity index (χ4v) is 5.51. The Morgan fingerprint density at radius 1 is 0.857 bits per heavy atom. The third-order valence-electron chi connectivity index (χ3n) is 6.54. The molecule has 2 aromatic carbocycles. The largest absolute Gasteiger partial charge is 0.486 e. The predicted molar refractivity (Wildman–Crippen MR) is 170 cm³/mol. The summed E-state index contributed by atoms with van der Waals surface area (Å²) in [6.45, 7) is 9.74. The third-order valence-corrected chi connectivity index (χ3v) is 7.43. The second kappa shape index (κ2) is 12.3. The van der Waals surface area contributed by atoms with Gasteiger partial charge in [0, 0.05) is 45.5 Å². The summed E-state index contributed by atoms with van der Waals surface area (Å²) in [5.41, 5.74) is 7.17.